The summed E-state index contributed by atoms with van der Waals surface area (Å²) in [5.74, 6) is 1.01. The Morgan fingerprint density at radius 2 is 1.97 bits per heavy atom. The Morgan fingerprint density at radius 1 is 1.17 bits per heavy atom. The van der Waals surface area contributed by atoms with E-state index in [1.807, 2.05) is 18.2 Å². The van der Waals surface area contributed by atoms with Gasteiger partial charge in [-0.05, 0) is 61.7 Å². The molecule has 0 aliphatic carbocycles. The Hall–Kier alpha value is -1.59. The number of fused-ring (bicyclic) bond motifs is 1. The van der Waals surface area contributed by atoms with E-state index < -0.39 is 5.54 Å². The maximum absolute atomic E-state index is 13.8. The number of benzene rings is 2. The minimum Gasteiger partial charge on any atom is -0.496 e. The van der Waals surface area contributed by atoms with Crippen molar-refractivity contribution in [1.82, 2.24) is 10.2 Å². The summed E-state index contributed by atoms with van der Waals surface area (Å²) in [5.41, 5.74) is 2.30. The zero-order valence-corrected chi connectivity index (χ0v) is 18.2. The second kappa shape index (κ2) is 8.65. The van der Waals surface area contributed by atoms with Gasteiger partial charge in [0.2, 0.25) is 0 Å². The molecule has 1 N–H and O–H groups in total. The molecule has 2 aromatic carbocycles. The number of hydrogen-bond donors (Lipinski definition) is 1. The normalized spacial score (nSPS) is 21.8. The minimum atomic E-state index is -0.751. The molecule has 6 heteroatoms. The summed E-state index contributed by atoms with van der Waals surface area (Å²) in [6.07, 6.45) is 3.51. The van der Waals surface area contributed by atoms with Gasteiger partial charge in [0.05, 0.1) is 17.2 Å². The quantitative estimate of drug-likeness (QED) is 0.740. The van der Waals surface area contributed by atoms with E-state index in [2.05, 4.69) is 16.3 Å². The predicted octanol–water partition coefficient (Wildman–Crippen LogP) is 4.25. The number of likely N-dealkylation sites (tertiary alicyclic amines) is 1. The van der Waals surface area contributed by atoms with Crippen molar-refractivity contribution in [1.29, 1.82) is 0 Å². The maximum Gasteiger partial charge on any atom is 0.163 e. The standard InChI is InChI=1S/C23H26Cl2N2O2/c1-29-21-6-4-5-18-17(21)9-10-26-23(18,15-27-11-2-3-12-27)22(28)14-16-7-8-19(24)20(25)13-16/h4-8,13,26H,2-3,9-12,14-15H2,1H3. The number of Topliss-reactive ketones (excluding diaryl/α,β-unsaturated/α-hetero) is 1. The fraction of sp³-hybridized carbons (Fsp3) is 0.435. The summed E-state index contributed by atoms with van der Waals surface area (Å²) in [6, 6.07) is 11.5. The summed E-state index contributed by atoms with van der Waals surface area (Å²) < 4.78 is 5.62. The Labute approximate surface area is 182 Å². The van der Waals surface area contributed by atoms with Gasteiger partial charge < -0.3 is 9.64 Å². The number of nitrogens with one attached hydrogen (secondary N) is 1. The number of halogens is 2. The number of hydrogen-bond acceptors (Lipinski definition) is 4. The van der Waals surface area contributed by atoms with Crippen molar-refractivity contribution < 1.29 is 9.53 Å². The summed E-state index contributed by atoms with van der Waals surface area (Å²) in [7, 11) is 1.69. The van der Waals surface area contributed by atoms with Crippen molar-refractivity contribution in [3.63, 3.8) is 0 Å². The van der Waals surface area contributed by atoms with Crippen LogP contribution in [0.15, 0.2) is 36.4 Å². The van der Waals surface area contributed by atoms with E-state index in [1.165, 1.54) is 12.8 Å². The predicted molar refractivity (Wildman–Crippen MR) is 117 cm³/mol. The average molecular weight is 433 g/mol. The Morgan fingerprint density at radius 3 is 2.69 bits per heavy atom. The largest absolute Gasteiger partial charge is 0.496 e. The van der Waals surface area contributed by atoms with Crippen LogP contribution in [-0.2, 0) is 23.2 Å². The van der Waals surface area contributed by atoms with E-state index in [9.17, 15) is 4.79 Å². The molecule has 0 radical (unpaired) electrons. The number of ketones is 1. The Bertz CT molecular complexity index is 912. The summed E-state index contributed by atoms with van der Waals surface area (Å²) in [6.45, 7) is 3.48. The lowest BCUT2D eigenvalue weighted by Crippen LogP contribution is -2.59. The molecular weight excluding hydrogens is 407 g/mol. The molecular formula is C23H26Cl2N2O2. The summed E-state index contributed by atoms with van der Waals surface area (Å²) >= 11 is 12.2. The first-order valence-electron chi connectivity index (χ1n) is 10.1. The first kappa shape index (κ1) is 20.7. The fourth-order valence-electron chi connectivity index (χ4n) is 4.65. The van der Waals surface area contributed by atoms with Crippen LogP contribution in [0.5, 0.6) is 5.75 Å². The molecule has 2 heterocycles. The second-order valence-electron chi connectivity index (χ2n) is 7.90. The van der Waals surface area contributed by atoms with Gasteiger partial charge in [-0.1, -0.05) is 41.4 Å². The zero-order chi connectivity index (χ0) is 20.4. The molecule has 0 spiro atoms. The number of carbonyl (C=O) groups is 1. The average Bonchev–Trinajstić information content (AvgIpc) is 3.23. The second-order valence-corrected chi connectivity index (χ2v) is 8.71. The van der Waals surface area contributed by atoms with Crippen molar-refractivity contribution in [3.8, 4) is 5.75 Å². The third-order valence-corrected chi connectivity index (χ3v) is 6.84. The van der Waals surface area contributed by atoms with Crippen LogP contribution in [0.4, 0.5) is 0 Å². The van der Waals surface area contributed by atoms with Gasteiger partial charge in [0.1, 0.15) is 11.3 Å². The molecule has 0 amide bonds. The van der Waals surface area contributed by atoms with Crippen LogP contribution in [0.1, 0.15) is 29.5 Å². The SMILES string of the molecule is COc1cccc2c1CCNC2(CN1CCCC1)C(=O)Cc1ccc(Cl)c(Cl)c1. The highest BCUT2D eigenvalue weighted by Gasteiger charge is 2.45. The highest BCUT2D eigenvalue weighted by molar-refractivity contribution is 6.42. The van der Waals surface area contributed by atoms with Crippen LogP contribution in [-0.4, -0.2) is 44.0 Å². The zero-order valence-electron chi connectivity index (χ0n) is 16.6. The lowest BCUT2D eigenvalue weighted by Gasteiger charge is -2.42. The van der Waals surface area contributed by atoms with Crippen LogP contribution >= 0.6 is 23.2 Å². The van der Waals surface area contributed by atoms with E-state index in [0.717, 1.165) is 48.5 Å². The Kier molecular flexibility index (Phi) is 6.16. The Balaban J connectivity index is 1.74. The lowest BCUT2D eigenvalue weighted by atomic mass is 9.76. The van der Waals surface area contributed by atoms with Gasteiger partial charge in [-0.25, -0.2) is 0 Å². The van der Waals surface area contributed by atoms with Crippen molar-refractivity contribution in [2.45, 2.75) is 31.2 Å². The lowest BCUT2D eigenvalue weighted by molar-refractivity contribution is -0.126. The molecule has 2 aromatic rings. The van der Waals surface area contributed by atoms with Crippen LogP contribution in [0.3, 0.4) is 0 Å². The smallest absolute Gasteiger partial charge is 0.163 e. The van der Waals surface area contributed by atoms with Gasteiger partial charge in [0, 0.05) is 25.1 Å². The number of methoxy groups -OCH3 is 1. The van der Waals surface area contributed by atoms with Gasteiger partial charge in [-0.15, -0.1) is 0 Å². The fourth-order valence-corrected chi connectivity index (χ4v) is 4.97. The molecule has 1 saturated heterocycles. The van der Waals surface area contributed by atoms with Gasteiger partial charge in [-0.2, -0.15) is 0 Å². The molecule has 1 fully saturated rings. The number of carbonyl (C=O) groups excluding carboxylic acids is 1. The first-order valence-corrected chi connectivity index (χ1v) is 10.9. The molecule has 154 valence electrons. The molecule has 29 heavy (non-hydrogen) atoms. The number of nitrogens with zero attached hydrogens (tertiary/aromatic N) is 1. The summed E-state index contributed by atoms with van der Waals surface area (Å²) in [4.78, 5) is 16.2. The molecule has 2 aliphatic heterocycles. The highest BCUT2D eigenvalue weighted by Crippen LogP contribution is 2.37. The molecule has 0 saturated carbocycles. The molecule has 0 bridgehead atoms. The van der Waals surface area contributed by atoms with Crippen molar-refractivity contribution in [3.05, 3.63) is 63.1 Å². The van der Waals surface area contributed by atoms with Crippen LogP contribution in [0, 0.1) is 0 Å². The van der Waals surface area contributed by atoms with Gasteiger partial charge in [0.15, 0.2) is 5.78 Å². The van der Waals surface area contributed by atoms with E-state index >= 15 is 0 Å². The molecule has 4 rings (SSSR count). The van der Waals surface area contributed by atoms with Crippen molar-refractivity contribution in [2.24, 2.45) is 0 Å². The van der Waals surface area contributed by atoms with E-state index in [1.54, 1.807) is 19.2 Å². The number of rotatable bonds is 6. The van der Waals surface area contributed by atoms with Crippen molar-refractivity contribution in [2.75, 3.05) is 33.3 Å². The van der Waals surface area contributed by atoms with Crippen molar-refractivity contribution >= 4 is 29.0 Å². The first-order chi connectivity index (χ1) is 14.0. The maximum atomic E-state index is 13.8. The van der Waals surface area contributed by atoms with Crippen LogP contribution in [0.25, 0.3) is 0 Å². The molecule has 1 atom stereocenters. The van der Waals surface area contributed by atoms with Gasteiger partial charge >= 0.3 is 0 Å². The molecule has 2 aliphatic rings. The minimum absolute atomic E-state index is 0.150. The van der Waals surface area contributed by atoms with E-state index in [0.29, 0.717) is 23.0 Å². The van der Waals surface area contributed by atoms with Crippen LogP contribution in [0.2, 0.25) is 10.0 Å². The summed E-state index contributed by atoms with van der Waals surface area (Å²) in [5, 5.41) is 4.58. The highest BCUT2D eigenvalue weighted by atomic mass is 35.5. The third kappa shape index (κ3) is 4.04. The molecule has 0 aromatic heterocycles. The third-order valence-electron chi connectivity index (χ3n) is 6.10. The molecule has 1 unspecified atom stereocenters. The van der Waals surface area contributed by atoms with Crippen LogP contribution < -0.4 is 10.1 Å². The topological polar surface area (TPSA) is 41.6 Å². The van der Waals surface area contributed by atoms with Gasteiger partial charge in [-0.3, -0.25) is 10.1 Å². The van der Waals surface area contributed by atoms with Gasteiger partial charge in [0.25, 0.3) is 0 Å². The monoisotopic (exact) mass is 432 g/mol. The number of ether oxygens (including phenoxy) is 1. The van der Waals surface area contributed by atoms with E-state index in [4.69, 9.17) is 27.9 Å². The molecule has 4 nitrogen and oxygen atoms in total. The van der Waals surface area contributed by atoms with E-state index in [-0.39, 0.29) is 5.78 Å².